The number of carbonyl (C=O) groups excluding carboxylic acids is 2. The number of likely N-dealkylation sites (tertiary alicyclic amines) is 1. The largest absolute Gasteiger partial charge is 0.497 e. The van der Waals surface area contributed by atoms with E-state index in [2.05, 4.69) is 38.2 Å². The van der Waals surface area contributed by atoms with E-state index in [0.717, 1.165) is 30.7 Å². The molecule has 33 heavy (non-hydrogen) atoms. The van der Waals surface area contributed by atoms with Crippen LogP contribution in [0.1, 0.15) is 49.5 Å². The van der Waals surface area contributed by atoms with Gasteiger partial charge in [-0.25, -0.2) is 4.79 Å². The lowest BCUT2D eigenvalue weighted by molar-refractivity contribution is 0.0585. The van der Waals surface area contributed by atoms with E-state index in [0.29, 0.717) is 24.5 Å². The summed E-state index contributed by atoms with van der Waals surface area (Å²) < 4.78 is 5.23. The molecule has 0 atom stereocenters. The Morgan fingerprint density at radius 1 is 1.03 bits per heavy atom. The minimum atomic E-state index is -0.230. The molecule has 0 unspecified atom stereocenters. The van der Waals surface area contributed by atoms with Gasteiger partial charge in [0.15, 0.2) is 0 Å². The quantitative estimate of drug-likeness (QED) is 0.674. The van der Waals surface area contributed by atoms with Gasteiger partial charge in [-0.1, -0.05) is 39.0 Å². The van der Waals surface area contributed by atoms with Gasteiger partial charge in [0.05, 0.1) is 12.0 Å². The second-order valence-electron chi connectivity index (χ2n) is 9.73. The first-order chi connectivity index (χ1) is 15.7. The third-order valence-electron chi connectivity index (χ3n) is 6.57. The number of urea groups is 1. The van der Waals surface area contributed by atoms with Gasteiger partial charge in [0.25, 0.3) is 5.91 Å². The molecule has 2 heterocycles. The van der Waals surface area contributed by atoms with Crippen molar-refractivity contribution >= 4 is 29.4 Å². The highest BCUT2D eigenvalue weighted by atomic mass is 32.2. The highest BCUT2D eigenvalue weighted by molar-refractivity contribution is 8.00. The van der Waals surface area contributed by atoms with Gasteiger partial charge in [-0.2, -0.15) is 0 Å². The molecule has 6 nitrogen and oxygen atoms in total. The smallest absolute Gasteiger partial charge is 0.321 e. The van der Waals surface area contributed by atoms with Crippen molar-refractivity contribution in [1.82, 2.24) is 9.80 Å². The van der Waals surface area contributed by atoms with E-state index in [4.69, 9.17) is 4.74 Å². The van der Waals surface area contributed by atoms with Gasteiger partial charge in [0, 0.05) is 42.7 Å². The van der Waals surface area contributed by atoms with Crippen LogP contribution in [-0.2, 0) is 5.41 Å². The maximum absolute atomic E-state index is 13.4. The van der Waals surface area contributed by atoms with Crippen molar-refractivity contribution in [2.45, 2.75) is 43.9 Å². The normalized spacial score (nSPS) is 17.8. The Hall–Kier alpha value is -2.67. The lowest BCUT2D eigenvalue weighted by atomic mass is 9.86. The summed E-state index contributed by atoms with van der Waals surface area (Å²) in [4.78, 5) is 29.9. The molecule has 2 aromatic carbocycles. The highest BCUT2D eigenvalue weighted by Crippen LogP contribution is 2.44. The first-order valence-electron chi connectivity index (χ1n) is 11.5. The van der Waals surface area contributed by atoms with Gasteiger partial charge >= 0.3 is 6.03 Å². The zero-order valence-corrected chi connectivity index (χ0v) is 20.7. The minimum Gasteiger partial charge on any atom is -0.497 e. The molecular weight excluding hydrogens is 434 g/mol. The molecule has 0 aromatic heterocycles. The van der Waals surface area contributed by atoms with Gasteiger partial charge in [-0.3, -0.25) is 4.79 Å². The number of thioether (sulfide) groups is 1. The van der Waals surface area contributed by atoms with Crippen LogP contribution in [0, 0.1) is 0 Å². The lowest BCUT2D eigenvalue weighted by Crippen LogP contribution is -2.54. The van der Waals surface area contributed by atoms with Crippen molar-refractivity contribution in [3.8, 4) is 5.75 Å². The third kappa shape index (κ3) is 4.98. The molecule has 2 aromatic rings. The Morgan fingerprint density at radius 2 is 1.73 bits per heavy atom. The number of methoxy groups -OCH3 is 1. The number of nitrogens with one attached hydrogen (secondary N) is 1. The van der Waals surface area contributed by atoms with Crippen molar-refractivity contribution in [3.05, 3.63) is 59.7 Å². The summed E-state index contributed by atoms with van der Waals surface area (Å²) in [7, 11) is 1.61. The summed E-state index contributed by atoms with van der Waals surface area (Å²) >= 11 is 1.86. The fourth-order valence-corrected chi connectivity index (χ4v) is 6.00. The van der Waals surface area contributed by atoms with Crippen LogP contribution in [0.2, 0.25) is 0 Å². The topological polar surface area (TPSA) is 61.9 Å². The zero-order valence-electron chi connectivity index (χ0n) is 19.9. The van der Waals surface area contributed by atoms with E-state index in [1.807, 2.05) is 58.0 Å². The Bertz CT molecular complexity index is 1010. The van der Waals surface area contributed by atoms with Crippen LogP contribution < -0.4 is 10.1 Å². The number of carbonyl (C=O) groups is 2. The van der Waals surface area contributed by atoms with Gasteiger partial charge in [0.2, 0.25) is 0 Å². The predicted octanol–water partition coefficient (Wildman–Crippen LogP) is 5.21. The van der Waals surface area contributed by atoms with Crippen LogP contribution in [0.15, 0.2) is 48.5 Å². The molecule has 4 rings (SSSR count). The molecule has 2 aliphatic rings. The van der Waals surface area contributed by atoms with Gasteiger partial charge in [-0.15, -0.1) is 11.8 Å². The molecule has 7 heteroatoms. The zero-order chi connectivity index (χ0) is 23.6. The Labute approximate surface area is 200 Å². The highest BCUT2D eigenvalue weighted by Gasteiger charge is 2.47. The fourth-order valence-electron chi connectivity index (χ4n) is 4.54. The number of anilines is 1. The predicted molar refractivity (Wildman–Crippen MR) is 134 cm³/mol. The first-order valence-corrected chi connectivity index (χ1v) is 12.5. The van der Waals surface area contributed by atoms with E-state index in [1.54, 1.807) is 7.11 Å². The molecular formula is C26H33N3O3S. The van der Waals surface area contributed by atoms with Crippen molar-refractivity contribution in [3.63, 3.8) is 0 Å². The molecule has 1 spiro atoms. The number of amides is 3. The number of ether oxygens (including phenoxy) is 1. The third-order valence-corrected chi connectivity index (χ3v) is 8.13. The lowest BCUT2D eigenvalue weighted by Gasteiger charge is -2.44. The first kappa shape index (κ1) is 23.5. The molecule has 2 fully saturated rings. The van der Waals surface area contributed by atoms with Gasteiger partial charge in [0.1, 0.15) is 5.75 Å². The molecule has 3 amide bonds. The second-order valence-corrected chi connectivity index (χ2v) is 11.2. The SMILES string of the molecule is COc1cccc(NC(=O)N2CCC3(CC2)SCCN3C(=O)c2ccc(C(C)(C)C)cc2)c1. The second kappa shape index (κ2) is 9.29. The van der Waals surface area contributed by atoms with Gasteiger partial charge in [-0.05, 0) is 48.1 Å². The standard InChI is InChI=1S/C26H33N3O3S/c1-25(2,3)20-10-8-19(9-11-20)23(30)29-16-17-33-26(29)12-14-28(15-13-26)24(31)27-21-6-5-7-22(18-21)32-4/h5-11,18H,12-17H2,1-4H3,(H,27,31). The molecule has 0 bridgehead atoms. The monoisotopic (exact) mass is 467 g/mol. The van der Waals surface area contributed by atoms with E-state index in [-0.39, 0.29) is 22.2 Å². The van der Waals surface area contributed by atoms with E-state index >= 15 is 0 Å². The summed E-state index contributed by atoms with van der Waals surface area (Å²) in [5.74, 6) is 1.73. The number of hydrogen-bond acceptors (Lipinski definition) is 4. The average Bonchev–Trinajstić information content (AvgIpc) is 3.21. The molecule has 2 saturated heterocycles. The molecule has 176 valence electrons. The van der Waals surface area contributed by atoms with Crippen LogP contribution in [0.25, 0.3) is 0 Å². The number of hydrogen-bond donors (Lipinski definition) is 1. The summed E-state index contributed by atoms with van der Waals surface area (Å²) in [6, 6.07) is 15.3. The Kier molecular flexibility index (Phi) is 6.61. The van der Waals surface area contributed by atoms with E-state index in [1.165, 1.54) is 5.56 Å². The maximum Gasteiger partial charge on any atom is 0.321 e. The molecule has 0 saturated carbocycles. The van der Waals surface area contributed by atoms with Crippen molar-refractivity contribution in [2.24, 2.45) is 0 Å². The van der Waals surface area contributed by atoms with Crippen LogP contribution in [0.5, 0.6) is 5.75 Å². The summed E-state index contributed by atoms with van der Waals surface area (Å²) in [5.41, 5.74) is 2.73. The molecule has 0 radical (unpaired) electrons. The molecule has 2 aliphatic heterocycles. The maximum atomic E-state index is 13.4. The summed E-state index contributed by atoms with van der Waals surface area (Å²) in [6.07, 6.45) is 1.55. The minimum absolute atomic E-state index is 0.0601. The van der Waals surface area contributed by atoms with Crippen LogP contribution in [-0.4, -0.2) is 59.1 Å². The van der Waals surface area contributed by atoms with Gasteiger partial charge < -0.3 is 19.9 Å². The average molecular weight is 468 g/mol. The number of benzene rings is 2. The fraction of sp³-hybridized carbons (Fsp3) is 0.462. The Balaban J connectivity index is 1.40. The molecule has 0 aliphatic carbocycles. The summed E-state index contributed by atoms with van der Waals surface area (Å²) in [6.45, 7) is 8.52. The van der Waals surface area contributed by atoms with Crippen molar-refractivity contribution in [2.75, 3.05) is 37.8 Å². The van der Waals surface area contributed by atoms with Crippen LogP contribution >= 0.6 is 11.8 Å². The summed E-state index contributed by atoms with van der Waals surface area (Å²) in [5, 5.41) is 2.96. The Morgan fingerprint density at radius 3 is 2.36 bits per heavy atom. The number of rotatable bonds is 3. The van der Waals surface area contributed by atoms with E-state index in [9.17, 15) is 9.59 Å². The number of nitrogens with zero attached hydrogens (tertiary/aromatic N) is 2. The number of piperidine rings is 1. The molecule has 1 N–H and O–H groups in total. The van der Waals surface area contributed by atoms with E-state index < -0.39 is 0 Å². The van der Waals surface area contributed by atoms with Crippen molar-refractivity contribution in [1.29, 1.82) is 0 Å². The van der Waals surface area contributed by atoms with Crippen LogP contribution in [0.4, 0.5) is 10.5 Å². The van der Waals surface area contributed by atoms with Crippen LogP contribution in [0.3, 0.4) is 0 Å². The van der Waals surface area contributed by atoms with Crippen molar-refractivity contribution < 1.29 is 14.3 Å².